The fourth-order valence-electron chi connectivity index (χ4n) is 0.714. The minimum atomic E-state index is -1.26. The van der Waals surface area contributed by atoms with Gasteiger partial charge in [-0.3, -0.25) is 0 Å². The lowest BCUT2D eigenvalue weighted by Crippen LogP contribution is -1.95. The molecule has 0 saturated heterocycles. The predicted molar refractivity (Wildman–Crippen MR) is 36.2 cm³/mol. The lowest BCUT2D eigenvalue weighted by atomic mass is 10.1. The first-order valence-electron chi connectivity index (χ1n) is 3.05. The van der Waals surface area contributed by atoms with Crippen molar-refractivity contribution >= 4 is 0 Å². The van der Waals surface area contributed by atoms with E-state index in [0.29, 0.717) is 5.56 Å². The van der Waals surface area contributed by atoms with Crippen molar-refractivity contribution in [2.24, 2.45) is 0 Å². The summed E-state index contributed by atoms with van der Waals surface area (Å²) < 4.78 is 12.6. The van der Waals surface area contributed by atoms with Gasteiger partial charge in [0.1, 0.15) is 6.17 Å². The van der Waals surface area contributed by atoms with Gasteiger partial charge in [0.2, 0.25) is 0 Å². The lowest BCUT2D eigenvalue weighted by Gasteiger charge is -2.01. The van der Waals surface area contributed by atoms with Crippen LogP contribution in [-0.2, 0) is 0 Å². The molecule has 1 aromatic rings. The van der Waals surface area contributed by atoms with Crippen LogP contribution >= 0.6 is 0 Å². The van der Waals surface area contributed by atoms with Crippen molar-refractivity contribution in [1.29, 1.82) is 0 Å². The van der Waals surface area contributed by atoms with Gasteiger partial charge in [0.25, 0.3) is 0 Å². The van der Waals surface area contributed by atoms with Crippen LogP contribution in [0, 0.1) is 6.07 Å². The monoisotopic (exact) mass is 139 g/mol. The molecule has 0 heterocycles. The van der Waals surface area contributed by atoms with Crippen LogP contribution in [0.15, 0.2) is 24.3 Å². The highest BCUT2D eigenvalue weighted by Crippen LogP contribution is 2.14. The number of hydrogen-bond donors (Lipinski definition) is 1. The molecule has 1 radical (unpaired) electrons. The van der Waals surface area contributed by atoms with Gasteiger partial charge in [0.05, 0.1) is 6.61 Å². The van der Waals surface area contributed by atoms with Crippen LogP contribution in [0.2, 0.25) is 0 Å². The standard InChI is InChI=1S/C8H8FO/c9-8(6-10)7-4-2-1-3-5-7/h2-5,8,10H,6H2. The molecule has 0 amide bonds. The van der Waals surface area contributed by atoms with E-state index in [-0.39, 0.29) is 0 Å². The normalized spacial score (nSPS) is 13.0. The van der Waals surface area contributed by atoms with Crippen LogP contribution in [-0.4, -0.2) is 11.7 Å². The first-order valence-corrected chi connectivity index (χ1v) is 3.05. The zero-order chi connectivity index (χ0) is 7.40. The number of halogens is 1. The molecule has 10 heavy (non-hydrogen) atoms. The molecule has 0 aliphatic heterocycles. The van der Waals surface area contributed by atoms with Crippen molar-refractivity contribution in [3.63, 3.8) is 0 Å². The third kappa shape index (κ3) is 1.54. The average Bonchev–Trinajstić information content (AvgIpc) is 2.05. The number of aliphatic hydroxyl groups excluding tert-OH is 1. The van der Waals surface area contributed by atoms with Crippen LogP contribution in [0.25, 0.3) is 0 Å². The lowest BCUT2D eigenvalue weighted by molar-refractivity contribution is 0.180. The minimum absolute atomic E-state index is 0.454. The third-order valence-electron chi connectivity index (χ3n) is 1.27. The first-order chi connectivity index (χ1) is 4.84. The van der Waals surface area contributed by atoms with Gasteiger partial charge in [-0.25, -0.2) is 4.39 Å². The summed E-state index contributed by atoms with van der Waals surface area (Å²) >= 11 is 0. The number of aliphatic hydroxyl groups is 1. The number of hydrogen-bond acceptors (Lipinski definition) is 1. The second-order valence-corrected chi connectivity index (χ2v) is 1.98. The van der Waals surface area contributed by atoms with Crippen LogP contribution in [0.3, 0.4) is 0 Å². The second kappa shape index (κ2) is 3.32. The summed E-state index contributed by atoms with van der Waals surface area (Å²) in [5.41, 5.74) is 0.501. The summed E-state index contributed by atoms with van der Waals surface area (Å²) in [4.78, 5) is 0. The summed E-state index contributed by atoms with van der Waals surface area (Å²) in [5, 5.41) is 8.40. The van der Waals surface area contributed by atoms with Gasteiger partial charge in [-0.05, 0) is 11.6 Å². The van der Waals surface area contributed by atoms with Crippen molar-refractivity contribution in [2.45, 2.75) is 6.17 Å². The Hall–Kier alpha value is -0.890. The topological polar surface area (TPSA) is 20.2 Å². The van der Waals surface area contributed by atoms with Crippen molar-refractivity contribution in [2.75, 3.05) is 6.61 Å². The van der Waals surface area contributed by atoms with Crippen LogP contribution < -0.4 is 0 Å². The van der Waals surface area contributed by atoms with E-state index < -0.39 is 12.8 Å². The molecular formula is C8H8FO. The Bertz CT molecular complexity index is 186. The zero-order valence-corrected chi connectivity index (χ0v) is 5.42. The second-order valence-electron chi connectivity index (χ2n) is 1.98. The summed E-state index contributed by atoms with van der Waals surface area (Å²) in [6.07, 6.45) is -1.26. The van der Waals surface area contributed by atoms with E-state index in [1.807, 2.05) is 0 Å². The number of benzene rings is 1. The maximum Gasteiger partial charge on any atom is 0.148 e. The molecule has 1 nitrogen and oxygen atoms in total. The number of alkyl halides is 1. The van der Waals surface area contributed by atoms with E-state index in [2.05, 4.69) is 6.07 Å². The molecule has 1 atom stereocenters. The summed E-state index contributed by atoms with van der Waals surface area (Å²) in [6.45, 7) is -0.454. The highest BCUT2D eigenvalue weighted by molar-refractivity contribution is 5.16. The van der Waals surface area contributed by atoms with Gasteiger partial charge in [0, 0.05) is 0 Å². The molecule has 0 aliphatic rings. The molecule has 1 rings (SSSR count). The van der Waals surface area contributed by atoms with Gasteiger partial charge in [-0.15, -0.1) is 0 Å². The Morgan fingerprint density at radius 3 is 2.60 bits per heavy atom. The molecule has 1 aromatic carbocycles. The minimum Gasteiger partial charge on any atom is -0.393 e. The molecule has 2 heteroatoms. The smallest absolute Gasteiger partial charge is 0.148 e. The van der Waals surface area contributed by atoms with Crippen molar-refractivity contribution < 1.29 is 9.50 Å². The van der Waals surface area contributed by atoms with Crippen LogP contribution in [0.1, 0.15) is 11.7 Å². The van der Waals surface area contributed by atoms with Gasteiger partial charge in [0.15, 0.2) is 0 Å². The molecule has 53 valence electrons. The van der Waals surface area contributed by atoms with E-state index in [9.17, 15) is 4.39 Å². The maximum absolute atomic E-state index is 12.6. The van der Waals surface area contributed by atoms with Crippen LogP contribution in [0.5, 0.6) is 0 Å². The van der Waals surface area contributed by atoms with Crippen molar-refractivity contribution in [3.05, 3.63) is 35.9 Å². The summed E-state index contributed by atoms with van der Waals surface area (Å²) in [6, 6.07) is 9.20. The Labute approximate surface area is 59.1 Å². The quantitative estimate of drug-likeness (QED) is 0.658. The summed E-state index contributed by atoms with van der Waals surface area (Å²) in [7, 11) is 0. The Morgan fingerprint density at radius 1 is 1.50 bits per heavy atom. The predicted octanol–water partition coefficient (Wildman–Crippen LogP) is 1.49. The van der Waals surface area contributed by atoms with Gasteiger partial charge >= 0.3 is 0 Å². The molecule has 0 aliphatic carbocycles. The van der Waals surface area contributed by atoms with Crippen LogP contribution in [0.4, 0.5) is 4.39 Å². The molecule has 1 unspecified atom stereocenters. The fraction of sp³-hybridized carbons (Fsp3) is 0.250. The molecule has 0 saturated carbocycles. The largest absolute Gasteiger partial charge is 0.393 e. The van der Waals surface area contributed by atoms with E-state index in [1.54, 1.807) is 24.3 Å². The average molecular weight is 139 g/mol. The Kier molecular flexibility index (Phi) is 2.40. The van der Waals surface area contributed by atoms with Gasteiger partial charge in [-0.1, -0.05) is 24.3 Å². The van der Waals surface area contributed by atoms with E-state index >= 15 is 0 Å². The molecule has 0 bridgehead atoms. The van der Waals surface area contributed by atoms with Crippen molar-refractivity contribution in [1.82, 2.24) is 0 Å². The first kappa shape index (κ1) is 7.22. The molecule has 0 aromatic heterocycles. The highest BCUT2D eigenvalue weighted by atomic mass is 19.1. The highest BCUT2D eigenvalue weighted by Gasteiger charge is 2.04. The Balaban J connectivity index is 2.75. The van der Waals surface area contributed by atoms with E-state index in [0.717, 1.165) is 0 Å². The maximum atomic E-state index is 12.6. The molecule has 1 N–H and O–H groups in total. The van der Waals surface area contributed by atoms with E-state index in [4.69, 9.17) is 5.11 Å². The summed E-state index contributed by atoms with van der Waals surface area (Å²) in [5.74, 6) is 0. The van der Waals surface area contributed by atoms with E-state index in [1.165, 1.54) is 0 Å². The fourth-order valence-corrected chi connectivity index (χ4v) is 0.714. The molecular weight excluding hydrogens is 131 g/mol. The third-order valence-corrected chi connectivity index (χ3v) is 1.27. The Morgan fingerprint density at radius 2 is 2.10 bits per heavy atom. The zero-order valence-electron chi connectivity index (χ0n) is 5.42. The SMILES string of the molecule is OCC(F)c1cc[c]cc1. The number of rotatable bonds is 2. The molecule has 0 spiro atoms. The van der Waals surface area contributed by atoms with Crippen molar-refractivity contribution in [3.8, 4) is 0 Å². The molecule has 0 fully saturated rings. The van der Waals surface area contributed by atoms with Gasteiger partial charge in [-0.2, -0.15) is 0 Å². The van der Waals surface area contributed by atoms with Gasteiger partial charge < -0.3 is 5.11 Å².